The second-order valence-corrected chi connectivity index (χ2v) is 5.80. The second kappa shape index (κ2) is 5.79. The molecular formula is C12H14BrClN2O3. The highest BCUT2D eigenvalue weighted by Crippen LogP contribution is 2.26. The van der Waals surface area contributed by atoms with Crippen molar-refractivity contribution in [2.24, 2.45) is 0 Å². The van der Waals surface area contributed by atoms with Crippen LogP contribution < -0.4 is 5.32 Å². The fourth-order valence-electron chi connectivity index (χ4n) is 1.19. The smallest absolute Gasteiger partial charge is 0.329 e. The maximum absolute atomic E-state index is 12.0. The molecule has 5 nitrogen and oxygen atoms in total. The highest BCUT2D eigenvalue weighted by atomic mass is 79.9. The fourth-order valence-corrected chi connectivity index (χ4v) is 1.91. The summed E-state index contributed by atoms with van der Waals surface area (Å²) in [5.74, 6) is -1.09. The molecule has 1 aromatic rings. The van der Waals surface area contributed by atoms with Crippen molar-refractivity contribution in [3.05, 3.63) is 27.7 Å². The van der Waals surface area contributed by atoms with Gasteiger partial charge in [-0.25, -0.2) is 9.59 Å². The van der Waals surface area contributed by atoms with Crippen molar-refractivity contribution >= 4 is 45.2 Å². The van der Waals surface area contributed by atoms with Crippen LogP contribution in [-0.4, -0.2) is 34.6 Å². The molecular weight excluding hydrogens is 336 g/mol. The van der Waals surface area contributed by atoms with Gasteiger partial charge in [0.25, 0.3) is 0 Å². The van der Waals surface area contributed by atoms with Gasteiger partial charge in [0.05, 0.1) is 10.7 Å². The Morgan fingerprint density at radius 1 is 1.42 bits per heavy atom. The molecule has 0 saturated heterocycles. The summed E-state index contributed by atoms with van der Waals surface area (Å²) in [5, 5.41) is 12.0. The van der Waals surface area contributed by atoms with E-state index in [0.29, 0.717) is 10.7 Å². The van der Waals surface area contributed by atoms with Gasteiger partial charge in [-0.2, -0.15) is 0 Å². The number of rotatable bonds is 3. The Bertz CT molecular complexity index is 520. The first kappa shape index (κ1) is 15.8. The summed E-state index contributed by atoms with van der Waals surface area (Å²) in [7, 11) is 1.41. The summed E-state index contributed by atoms with van der Waals surface area (Å²) in [4.78, 5) is 24.2. The average molecular weight is 350 g/mol. The van der Waals surface area contributed by atoms with Gasteiger partial charge in [-0.3, -0.25) is 0 Å². The number of nitrogens with one attached hydrogen (secondary N) is 1. The van der Waals surface area contributed by atoms with Gasteiger partial charge < -0.3 is 15.3 Å². The molecule has 0 atom stereocenters. The quantitative estimate of drug-likeness (QED) is 0.878. The van der Waals surface area contributed by atoms with E-state index in [1.807, 2.05) is 0 Å². The molecule has 0 saturated carbocycles. The monoisotopic (exact) mass is 348 g/mol. The van der Waals surface area contributed by atoms with Crippen LogP contribution in [0.1, 0.15) is 13.8 Å². The normalized spacial score (nSPS) is 11.0. The number of halogens is 2. The lowest BCUT2D eigenvalue weighted by atomic mass is 10.1. The van der Waals surface area contributed by atoms with Gasteiger partial charge in [0.2, 0.25) is 0 Å². The summed E-state index contributed by atoms with van der Waals surface area (Å²) < 4.78 is 0.787. The summed E-state index contributed by atoms with van der Waals surface area (Å²) in [6.45, 7) is 2.89. The van der Waals surface area contributed by atoms with E-state index in [0.717, 1.165) is 9.37 Å². The van der Waals surface area contributed by atoms with Gasteiger partial charge in [0.15, 0.2) is 0 Å². The summed E-state index contributed by atoms with van der Waals surface area (Å²) in [6.07, 6.45) is 0. The van der Waals surface area contributed by atoms with Crippen LogP contribution >= 0.6 is 27.5 Å². The average Bonchev–Trinajstić information content (AvgIpc) is 2.31. The van der Waals surface area contributed by atoms with E-state index in [1.165, 1.54) is 20.9 Å². The van der Waals surface area contributed by atoms with E-state index in [4.69, 9.17) is 16.7 Å². The number of benzene rings is 1. The number of amides is 2. The molecule has 1 rings (SSSR count). The van der Waals surface area contributed by atoms with Crippen molar-refractivity contribution in [2.45, 2.75) is 19.4 Å². The summed E-state index contributed by atoms with van der Waals surface area (Å²) >= 11 is 9.23. The molecule has 2 amide bonds. The van der Waals surface area contributed by atoms with Gasteiger partial charge in [0.1, 0.15) is 5.54 Å². The zero-order chi connectivity index (χ0) is 14.8. The van der Waals surface area contributed by atoms with Crippen LogP contribution in [0.5, 0.6) is 0 Å². The molecule has 0 fully saturated rings. The minimum Gasteiger partial charge on any atom is -0.480 e. The van der Waals surface area contributed by atoms with Gasteiger partial charge in [-0.1, -0.05) is 27.5 Å². The van der Waals surface area contributed by atoms with Crippen LogP contribution in [0.2, 0.25) is 5.02 Å². The largest absolute Gasteiger partial charge is 0.480 e. The molecule has 0 bridgehead atoms. The van der Waals surface area contributed by atoms with Crippen LogP contribution in [0.25, 0.3) is 0 Å². The number of aliphatic carboxylic acids is 1. The predicted molar refractivity (Wildman–Crippen MR) is 77.6 cm³/mol. The third kappa shape index (κ3) is 3.61. The Morgan fingerprint density at radius 3 is 2.47 bits per heavy atom. The number of urea groups is 1. The zero-order valence-electron chi connectivity index (χ0n) is 10.7. The molecule has 0 aliphatic carbocycles. The maximum atomic E-state index is 12.0. The maximum Gasteiger partial charge on any atom is 0.329 e. The zero-order valence-corrected chi connectivity index (χ0v) is 13.0. The number of carboxylic acids is 1. The molecule has 0 aromatic heterocycles. The number of hydrogen-bond donors (Lipinski definition) is 2. The molecule has 1 aromatic carbocycles. The number of likely N-dealkylation sites (N-methyl/N-ethyl adjacent to an activating group) is 1. The van der Waals surface area contributed by atoms with Gasteiger partial charge >= 0.3 is 12.0 Å². The number of hydrogen-bond acceptors (Lipinski definition) is 2. The molecule has 0 heterocycles. The Morgan fingerprint density at radius 2 is 2.00 bits per heavy atom. The van der Waals surface area contributed by atoms with Gasteiger partial charge in [0, 0.05) is 11.5 Å². The van der Waals surface area contributed by atoms with Crippen LogP contribution in [0.4, 0.5) is 10.5 Å². The first-order valence-electron chi connectivity index (χ1n) is 5.39. The molecule has 104 valence electrons. The third-order valence-corrected chi connectivity index (χ3v) is 3.65. The number of anilines is 1. The minimum absolute atomic E-state index is 0.365. The highest BCUT2D eigenvalue weighted by molar-refractivity contribution is 9.10. The van der Waals surface area contributed by atoms with E-state index in [2.05, 4.69) is 21.2 Å². The summed E-state index contributed by atoms with van der Waals surface area (Å²) in [5.41, 5.74) is -0.894. The van der Waals surface area contributed by atoms with E-state index in [9.17, 15) is 9.59 Å². The van der Waals surface area contributed by atoms with Crippen molar-refractivity contribution in [3.63, 3.8) is 0 Å². The number of carbonyl (C=O) groups excluding carboxylic acids is 1. The number of nitrogens with zero attached hydrogens (tertiary/aromatic N) is 1. The first-order valence-corrected chi connectivity index (χ1v) is 6.56. The highest BCUT2D eigenvalue weighted by Gasteiger charge is 2.35. The van der Waals surface area contributed by atoms with Crippen molar-refractivity contribution in [2.75, 3.05) is 12.4 Å². The van der Waals surface area contributed by atoms with E-state index in [-0.39, 0.29) is 0 Å². The van der Waals surface area contributed by atoms with Crippen LogP contribution in [0.3, 0.4) is 0 Å². The molecule has 0 aliphatic heterocycles. The molecule has 19 heavy (non-hydrogen) atoms. The number of carbonyl (C=O) groups is 2. The lowest BCUT2D eigenvalue weighted by Crippen LogP contribution is -2.52. The fraction of sp³-hybridized carbons (Fsp3) is 0.333. The van der Waals surface area contributed by atoms with Gasteiger partial charge in [-0.15, -0.1) is 0 Å². The minimum atomic E-state index is -1.31. The van der Waals surface area contributed by atoms with Crippen molar-refractivity contribution < 1.29 is 14.7 Å². The van der Waals surface area contributed by atoms with Crippen LogP contribution in [0.15, 0.2) is 22.7 Å². The van der Waals surface area contributed by atoms with E-state index in [1.54, 1.807) is 18.2 Å². The lowest BCUT2D eigenvalue weighted by Gasteiger charge is -2.31. The first-order chi connectivity index (χ1) is 8.66. The molecule has 0 spiro atoms. The van der Waals surface area contributed by atoms with Crippen molar-refractivity contribution in [1.82, 2.24) is 4.90 Å². The lowest BCUT2D eigenvalue weighted by molar-refractivity contribution is -0.146. The third-order valence-electron chi connectivity index (χ3n) is 2.84. The topological polar surface area (TPSA) is 69.6 Å². The molecule has 0 unspecified atom stereocenters. The van der Waals surface area contributed by atoms with Gasteiger partial charge in [-0.05, 0) is 32.0 Å². The summed E-state index contributed by atoms with van der Waals surface area (Å²) in [6, 6.07) is 4.45. The second-order valence-electron chi connectivity index (χ2n) is 4.48. The predicted octanol–water partition coefficient (Wildman–Crippen LogP) is 3.43. The SMILES string of the molecule is CN(C(=O)Nc1ccc(Br)cc1Cl)C(C)(C)C(=O)O. The molecule has 0 radical (unpaired) electrons. The van der Waals surface area contributed by atoms with E-state index < -0.39 is 17.5 Å². The standard InChI is InChI=1S/C12H14BrClN2O3/c1-12(2,10(17)18)16(3)11(19)15-9-5-4-7(13)6-8(9)14/h4-6H,1-3H3,(H,15,19)(H,17,18). The molecule has 2 N–H and O–H groups in total. The van der Waals surface area contributed by atoms with E-state index >= 15 is 0 Å². The number of carboxylic acid groups (broad SMARTS) is 1. The van der Waals surface area contributed by atoms with Crippen molar-refractivity contribution in [3.8, 4) is 0 Å². The Kier molecular flexibility index (Phi) is 4.81. The molecule has 7 heteroatoms. The Balaban J connectivity index is 2.88. The Hall–Kier alpha value is -1.27. The van der Waals surface area contributed by atoms with Crippen LogP contribution in [-0.2, 0) is 4.79 Å². The van der Waals surface area contributed by atoms with Crippen LogP contribution in [0, 0.1) is 0 Å². The Labute approximate surface area is 124 Å². The van der Waals surface area contributed by atoms with Crippen molar-refractivity contribution in [1.29, 1.82) is 0 Å². The molecule has 0 aliphatic rings.